The second-order valence-corrected chi connectivity index (χ2v) is 6.27. The van der Waals surface area contributed by atoms with Crippen molar-refractivity contribution in [1.29, 1.82) is 0 Å². The lowest BCUT2D eigenvalue weighted by atomic mass is 9.83. The third-order valence-corrected chi connectivity index (χ3v) is 5.03. The van der Waals surface area contributed by atoms with Crippen molar-refractivity contribution in [1.82, 2.24) is 0 Å². The molecule has 0 aliphatic heterocycles. The Hall–Kier alpha value is -1.00. The van der Waals surface area contributed by atoms with Gasteiger partial charge in [-0.1, -0.05) is 43.0 Å². The molecule has 0 unspecified atom stereocenters. The van der Waals surface area contributed by atoms with Crippen LogP contribution < -0.4 is 5.32 Å². The second kappa shape index (κ2) is 6.19. The summed E-state index contributed by atoms with van der Waals surface area (Å²) in [4.78, 5) is 10.7. The minimum absolute atomic E-state index is 0.0244. The first-order chi connectivity index (χ1) is 9.47. The van der Waals surface area contributed by atoms with Gasteiger partial charge < -0.3 is 5.32 Å². The maximum atomic E-state index is 11.1. The van der Waals surface area contributed by atoms with Gasteiger partial charge in [0, 0.05) is 12.6 Å². The Morgan fingerprint density at radius 1 is 1.30 bits per heavy atom. The minimum Gasteiger partial charge on any atom is -0.379 e. The van der Waals surface area contributed by atoms with E-state index >= 15 is 0 Å². The zero-order valence-electron chi connectivity index (χ0n) is 11.4. The van der Waals surface area contributed by atoms with Crippen LogP contribution in [0.2, 0.25) is 10.0 Å². The van der Waals surface area contributed by atoms with Crippen molar-refractivity contribution in [3.63, 3.8) is 0 Å². The monoisotopic (exact) mass is 316 g/mol. The molecule has 0 heterocycles. The summed E-state index contributed by atoms with van der Waals surface area (Å²) >= 11 is 11.8. The highest BCUT2D eigenvalue weighted by Crippen LogP contribution is 2.42. The Bertz CT molecular complexity index is 514. The van der Waals surface area contributed by atoms with Crippen LogP contribution in [0.3, 0.4) is 0 Å². The summed E-state index contributed by atoms with van der Waals surface area (Å²) in [6, 6.07) is 2.85. The van der Waals surface area contributed by atoms with Crippen LogP contribution in [0.15, 0.2) is 12.1 Å². The number of anilines is 1. The van der Waals surface area contributed by atoms with Crippen LogP contribution >= 0.6 is 23.2 Å². The summed E-state index contributed by atoms with van der Waals surface area (Å²) in [5.41, 5.74) is 0.674. The van der Waals surface area contributed by atoms with E-state index in [0.717, 1.165) is 13.0 Å². The van der Waals surface area contributed by atoms with Gasteiger partial charge in [0.25, 0.3) is 5.69 Å². The molecule has 1 aromatic carbocycles. The van der Waals surface area contributed by atoms with Crippen molar-refractivity contribution in [2.24, 2.45) is 5.41 Å². The molecule has 1 aliphatic rings. The molecule has 20 heavy (non-hydrogen) atoms. The van der Waals surface area contributed by atoms with E-state index in [1.165, 1.54) is 31.7 Å². The Labute approximate surface area is 128 Å². The molecule has 2 rings (SSSR count). The van der Waals surface area contributed by atoms with E-state index in [0.29, 0.717) is 10.7 Å². The molecule has 0 aromatic heterocycles. The smallest absolute Gasteiger partial charge is 0.293 e. The highest BCUT2D eigenvalue weighted by Gasteiger charge is 2.32. The SMILES string of the molecule is CCC1(CNc2cc(Cl)c(Cl)cc2[N+](=O)[O-])CCCC1. The van der Waals surface area contributed by atoms with Crippen molar-refractivity contribution in [3.8, 4) is 0 Å². The molecular formula is C14H18Cl2N2O2. The van der Waals surface area contributed by atoms with Crippen molar-refractivity contribution in [2.45, 2.75) is 39.0 Å². The van der Waals surface area contributed by atoms with Crippen molar-refractivity contribution >= 4 is 34.6 Å². The molecule has 0 amide bonds. The molecule has 0 bridgehead atoms. The zero-order chi connectivity index (χ0) is 14.8. The fourth-order valence-corrected chi connectivity index (χ4v) is 3.21. The predicted octanol–water partition coefficient (Wildman–Crippen LogP) is 5.28. The lowest BCUT2D eigenvalue weighted by Gasteiger charge is -2.28. The number of rotatable bonds is 5. The van der Waals surface area contributed by atoms with E-state index in [9.17, 15) is 10.1 Å². The van der Waals surface area contributed by atoms with Gasteiger partial charge in [-0.2, -0.15) is 0 Å². The maximum Gasteiger partial charge on any atom is 0.293 e. The number of benzene rings is 1. The Morgan fingerprint density at radius 3 is 2.45 bits per heavy atom. The third kappa shape index (κ3) is 3.18. The Morgan fingerprint density at radius 2 is 1.90 bits per heavy atom. The number of hydrogen-bond acceptors (Lipinski definition) is 3. The Balaban J connectivity index is 2.20. The van der Waals surface area contributed by atoms with Crippen molar-refractivity contribution in [2.75, 3.05) is 11.9 Å². The molecule has 110 valence electrons. The largest absolute Gasteiger partial charge is 0.379 e. The number of halogens is 2. The van der Waals surface area contributed by atoms with Gasteiger partial charge >= 0.3 is 0 Å². The maximum absolute atomic E-state index is 11.1. The second-order valence-electron chi connectivity index (χ2n) is 5.45. The topological polar surface area (TPSA) is 55.2 Å². The summed E-state index contributed by atoms with van der Waals surface area (Å²) in [6.07, 6.45) is 5.89. The van der Waals surface area contributed by atoms with E-state index in [4.69, 9.17) is 23.2 Å². The number of nitro benzene ring substituents is 1. The number of nitrogens with one attached hydrogen (secondary N) is 1. The molecule has 0 saturated heterocycles. The molecule has 1 saturated carbocycles. The van der Waals surface area contributed by atoms with Crippen LogP contribution in [-0.2, 0) is 0 Å². The third-order valence-electron chi connectivity index (χ3n) is 4.30. The first-order valence-electron chi connectivity index (χ1n) is 6.85. The quantitative estimate of drug-likeness (QED) is 0.593. The Kier molecular flexibility index (Phi) is 4.76. The van der Waals surface area contributed by atoms with Gasteiger partial charge in [-0.25, -0.2) is 0 Å². The summed E-state index contributed by atoms with van der Waals surface area (Å²) in [7, 11) is 0. The lowest BCUT2D eigenvalue weighted by Crippen LogP contribution is -2.26. The first-order valence-corrected chi connectivity index (χ1v) is 7.60. The van der Waals surface area contributed by atoms with Gasteiger partial charge in [0.05, 0.1) is 15.0 Å². The molecule has 4 nitrogen and oxygen atoms in total. The molecule has 1 N–H and O–H groups in total. The van der Waals surface area contributed by atoms with Crippen LogP contribution in [-0.4, -0.2) is 11.5 Å². The van der Waals surface area contributed by atoms with E-state index in [1.54, 1.807) is 6.07 Å². The molecule has 0 spiro atoms. The van der Waals surface area contributed by atoms with Crippen LogP contribution in [0.1, 0.15) is 39.0 Å². The van der Waals surface area contributed by atoms with Gasteiger partial charge in [-0.05, 0) is 30.7 Å². The van der Waals surface area contributed by atoms with E-state index in [-0.39, 0.29) is 16.1 Å². The summed E-state index contributed by atoms with van der Waals surface area (Å²) < 4.78 is 0. The molecule has 1 aliphatic carbocycles. The average Bonchev–Trinajstić information content (AvgIpc) is 2.89. The molecular weight excluding hydrogens is 299 g/mol. The first kappa shape index (κ1) is 15.4. The van der Waals surface area contributed by atoms with E-state index in [1.807, 2.05) is 0 Å². The number of nitrogens with zero attached hydrogens (tertiary/aromatic N) is 1. The molecule has 1 aromatic rings. The van der Waals surface area contributed by atoms with Gasteiger partial charge in [0.15, 0.2) is 0 Å². The summed E-state index contributed by atoms with van der Waals surface area (Å²) in [5, 5.41) is 14.8. The fraction of sp³-hybridized carbons (Fsp3) is 0.571. The standard InChI is InChI=1S/C14H18Cl2N2O2/c1-2-14(5-3-4-6-14)9-17-12-7-10(15)11(16)8-13(12)18(19)20/h7-8,17H,2-6,9H2,1H3. The van der Waals surface area contributed by atoms with Crippen molar-refractivity contribution in [3.05, 3.63) is 32.3 Å². The number of nitro groups is 1. The normalized spacial score (nSPS) is 17.1. The van der Waals surface area contributed by atoms with Crippen LogP contribution in [0, 0.1) is 15.5 Å². The summed E-state index contributed by atoms with van der Waals surface area (Å²) in [5.74, 6) is 0. The van der Waals surface area contributed by atoms with Gasteiger partial charge in [0.2, 0.25) is 0 Å². The minimum atomic E-state index is -0.433. The molecule has 0 radical (unpaired) electrons. The van der Waals surface area contributed by atoms with Crippen LogP contribution in [0.5, 0.6) is 0 Å². The van der Waals surface area contributed by atoms with E-state index < -0.39 is 4.92 Å². The highest BCUT2D eigenvalue weighted by atomic mass is 35.5. The average molecular weight is 317 g/mol. The predicted molar refractivity (Wildman–Crippen MR) is 82.8 cm³/mol. The van der Waals surface area contributed by atoms with Crippen LogP contribution in [0.4, 0.5) is 11.4 Å². The summed E-state index contributed by atoms with van der Waals surface area (Å²) in [6.45, 7) is 2.92. The number of hydrogen-bond donors (Lipinski definition) is 1. The highest BCUT2D eigenvalue weighted by molar-refractivity contribution is 6.42. The van der Waals surface area contributed by atoms with Gasteiger partial charge in [-0.3, -0.25) is 10.1 Å². The van der Waals surface area contributed by atoms with Crippen molar-refractivity contribution < 1.29 is 4.92 Å². The lowest BCUT2D eigenvalue weighted by molar-refractivity contribution is -0.383. The van der Waals surface area contributed by atoms with E-state index in [2.05, 4.69) is 12.2 Å². The molecule has 6 heteroatoms. The van der Waals surface area contributed by atoms with Gasteiger partial charge in [-0.15, -0.1) is 0 Å². The fourth-order valence-electron chi connectivity index (χ4n) is 2.89. The van der Waals surface area contributed by atoms with Gasteiger partial charge in [0.1, 0.15) is 5.69 Å². The van der Waals surface area contributed by atoms with Crippen LogP contribution in [0.25, 0.3) is 0 Å². The molecule has 0 atom stereocenters. The molecule has 1 fully saturated rings. The zero-order valence-corrected chi connectivity index (χ0v) is 12.9.